The van der Waals surface area contributed by atoms with Crippen LogP contribution in [0, 0.1) is 12.8 Å². The number of ether oxygens (including phenoxy) is 2. The average molecular weight is 271 g/mol. The van der Waals surface area contributed by atoms with Crippen LogP contribution in [0.3, 0.4) is 0 Å². The standard InChI is InChI=1S/C15H23ClO2/c1-13-4-3-5-14(10-13)11-15(12-16)6-7-18-9-8-17-2/h3-5,10,15H,6-9,11-12H2,1-2H3. The van der Waals surface area contributed by atoms with Gasteiger partial charge >= 0.3 is 0 Å². The minimum Gasteiger partial charge on any atom is -0.382 e. The summed E-state index contributed by atoms with van der Waals surface area (Å²) in [5.74, 6) is 1.16. The van der Waals surface area contributed by atoms with E-state index < -0.39 is 0 Å². The second kappa shape index (κ2) is 9.37. The highest BCUT2D eigenvalue weighted by molar-refractivity contribution is 6.18. The zero-order valence-corrected chi connectivity index (χ0v) is 12.1. The Labute approximate surface area is 115 Å². The number of halogens is 1. The Balaban J connectivity index is 2.28. The first-order valence-electron chi connectivity index (χ1n) is 6.44. The van der Waals surface area contributed by atoms with Crippen molar-refractivity contribution in [3.05, 3.63) is 35.4 Å². The number of rotatable bonds is 9. The number of alkyl halides is 1. The van der Waals surface area contributed by atoms with Gasteiger partial charge in [0.15, 0.2) is 0 Å². The number of aryl methyl sites for hydroxylation is 1. The maximum Gasteiger partial charge on any atom is 0.0700 e. The Morgan fingerprint density at radius 3 is 2.72 bits per heavy atom. The van der Waals surface area contributed by atoms with Gasteiger partial charge in [-0.2, -0.15) is 0 Å². The second-order valence-corrected chi connectivity index (χ2v) is 4.92. The van der Waals surface area contributed by atoms with Crippen LogP contribution in [-0.2, 0) is 15.9 Å². The number of methoxy groups -OCH3 is 1. The molecule has 1 aromatic carbocycles. The molecule has 0 bridgehead atoms. The molecule has 0 heterocycles. The summed E-state index contributed by atoms with van der Waals surface area (Å²) in [4.78, 5) is 0. The van der Waals surface area contributed by atoms with E-state index in [1.54, 1.807) is 7.11 Å². The summed E-state index contributed by atoms with van der Waals surface area (Å²) in [6, 6.07) is 8.61. The number of hydrogen-bond donors (Lipinski definition) is 0. The van der Waals surface area contributed by atoms with Crippen molar-refractivity contribution in [2.45, 2.75) is 19.8 Å². The summed E-state index contributed by atoms with van der Waals surface area (Å²) in [5, 5.41) is 0. The van der Waals surface area contributed by atoms with Crippen LogP contribution in [0.2, 0.25) is 0 Å². The average Bonchev–Trinajstić information content (AvgIpc) is 2.37. The first kappa shape index (κ1) is 15.5. The van der Waals surface area contributed by atoms with Gasteiger partial charge in [-0.15, -0.1) is 11.6 Å². The van der Waals surface area contributed by atoms with Crippen molar-refractivity contribution in [1.29, 1.82) is 0 Å². The van der Waals surface area contributed by atoms with Crippen molar-refractivity contribution >= 4 is 11.6 Å². The molecule has 1 unspecified atom stereocenters. The van der Waals surface area contributed by atoms with Crippen molar-refractivity contribution in [1.82, 2.24) is 0 Å². The zero-order valence-electron chi connectivity index (χ0n) is 11.3. The first-order chi connectivity index (χ1) is 8.76. The minimum atomic E-state index is 0.482. The van der Waals surface area contributed by atoms with Crippen molar-refractivity contribution < 1.29 is 9.47 Å². The second-order valence-electron chi connectivity index (χ2n) is 4.61. The highest BCUT2D eigenvalue weighted by Crippen LogP contribution is 2.15. The van der Waals surface area contributed by atoms with Gasteiger partial charge in [-0.25, -0.2) is 0 Å². The molecule has 0 aliphatic heterocycles. The van der Waals surface area contributed by atoms with Crippen LogP contribution >= 0.6 is 11.6 Å². The third-order valence-corrected chi connectivity index (χ3v) is 3.36. The molecule has 0 saturated heterocycles. The summed E-state index contributed by atoms with van der Waals surface area (Å²) < 4.78 is 10.4. The van der Waals surface area contributed by atoms with Gasteiger partial charge in [-0.1, -0.05) is 29.8 Å². The highest BCUT2D eigenvalue weighted by Gasteiger charge is 2.08. The number of hydrogen-bond acceptors (Lipinski definition) is 2. The maximum absolute atomic E-state index is 6.02. The summed E-state index contributed by atoms with van der Waals surface area (Å²) in [5.41, 5.74) is 2.66. The molecule has 1 aromatic rings. The molecule has 102 valence electrons. The Hall–Kier alpha value is -0.570. The normalized spacial score (nSPS) is 12.6. The number of benzene rings is 1. The molecule has 3 heteroatoms. The summed E-state index contributed by atoms with van der Waals surface area (Å²) in [7, 11) is 1.68. The van der Waals surface area contributed by atoms with Gasteiger partial charge in [-0.3, -0.25) is 0 Å². The van der Waals surface area contributed by atoms with E-state index in [0.29, 0.717) is 25.0 Å². The van der Waals surface area contributed by atoms with E-state index in [-0.39, 0.29) is 0 Å². The van der Waals surface area contributed by atoms with Crippen LogP contribution < -0.4 is 0 Å². The van der Waals surface area contributed by atoms with E-state index in [1.165, 1.54) is 11.1 Å². The summed E-state index contributed by atoms with van der Waals surface area (Å²) in [6.45, 7) is 4.19. The minimum absolute atomic E-state index is 0.482. The molecule has 0 aromatic heterocycles. The quantitative estimate of drug-likeness (QED) is 0.505. The van der Waals surface area contributed by atoms with Crippen molar-refractivity contribution in [3.8, 4) is 0 Å². The fourth-order valence-corrected chi connectivity index (χ4v) is 2.16. The van der Waals surface area contributed by atoms with Crippen LogP contribution in [0.5, 0.6) is 0 Å². The molecule has 1 atom stereocenters. The Morgan fingerprint density at radius 1 is 1.22 bits per heavy atom. The lowest BCUT2D eigenvalue weighted by molar-refractivity contribution is 0.0647. The van der Waals surface area contributed by atoms with Crippen LogP contribution in [0.15, 0.2) is 24.3 Å². The maximum atomic E-state index is 6.02. The predicted molar refractivity (Wildman–Crippen MR) is 76.4 cm³/mol. The molecule has 0 N–H and O–H groups in total. The molecule has 0 aliphatic carbocycles. The molecular formula is C15H23ClO2. The van der Waals surface area contributed by atoms with Gasteiger partial charge in [-0.05, 0) is 31.2 Å². The third-order valence-electron chi connectivity index (χ3n) is 2.93. The molecule has 0 amide bonds. The molecule has 1 rings (SSSR count). The van der Waals surface area contributed by atoms with Crippen molar-refractivity contribution in [3.63, 3.8) is 0 Å². The smallest absolute Gasteiger partial charge is 0.0700 e. The lowest BCUT2D eigenvalue weighted by Crippen LogP contribution is -2.12. The summed E-state index contributed by atoms with van der Waals surface area (Å²) >= 11 is 6.02. The lowest BCUT2D eigenvalue weighted by Gasteiger charge is -2.14. The fourth-order valence-electron chi connectivity index (χ4n) is 1.90. The van der Waals surface area contributed by atoms with Crippen molar-refractivity contribution in [2.24, 2.45) is 5.92 Å². The van der Waals surface area contributed by atoms with E-state index in [9.17, 15) is 0 Å². The molecule has 2 nitrogen and oxygen atoms in total. The van der Waals surface area contributed by atoms with Gasteiger partial charge in [0.05, 0.1) is 13.2 Å². The molecule has 0 radical (unpaired) electrons. The lowest BCUT2D eigenvalue weighted by atomic mass is 9.97. The SMILES string of the molecule is COCCOCCC(CCl)Cc1cccc(C)c1. The molecule has 0 saturated carbocycles. The molecule has 0 aliphatic rings. The highest BCUT2D eigenvalue weighted by atomic mass is 35.5. The molecule has 0 spiro atoms. The molecule has 18 heavy (non-hydrogen) atoms. The van der Waals surface area contributed by atoms with E-state index in [0.717, 1.165) is 19.4 Å². The Kier molecular flexibility index (Phi) is 8.06. The van der Waals surface area contributed by atoms with E-state index >= 15 is 0 Å². The molecular weight excluding hydrogens is 248 g/mol. The van der Waals surface area contributed by atoms with Gasteiger partial charge in [0.1, 0.15) is 0 Å². The Morgan fingerprint density at radius 2 is 2.06 bits per heavy atom. The predicted octanol–water partition coefficient (Wildman–Crippen LogP) is 3.45. The topological polar surface area (TPSA) is 18.5 Å². The van der Waals surface area contributed by atoms with Crippen LogP contribution in [-0.4, -0.2) is 32.8 Å². The first-order valence-corrected chi connectivity index (χ1v) is 6.98. The third kappa shape index (κ3) is 6.39. The van der Waals surface area contributed by atoms with Crippen molar-refractivity contribution in [2.75, 3.05) is 32.8 Å². The van der Waals surface area contributed by atoms with Crippen LogP contribution in [0.4, 0.5) is 0 Å². The van der Waals surface area contributed by atoms with E-state index in [2.05, 4.69) is 31.2 Å². The largest absolute Gasteiger partial charge is 0.382 e. The van der Waals surface area contributed by atoms with Gasteiger partial charge in [0.25, 0.3) is 0 Å². The van der Waals surface area contributed by atoms with Crippen LogP contribution in [0.25, 0.3) is 0 Å². The van der Waals surface area contributed by atoms with E-state index in [4.69, 9.17) is 21.1 Å². The Bertz CT molecular complexity index is 328. The zero-order chi connectivity index (χ0) is 13.2. The summed E-state index contributed by atoms with van der Waals surface area (Å²) in [6.07, 6.45) is 2.03. The monoisotopic (exact) mass is 270 g/mol. The van der Waals surface area contributed by atoms with Gasteiger partial charge in [0.2, 0.25) is 0 Å². The van der Waals surface area contributed by atoms with Gasteiger partial charge in [0, 0.05) is 19.6 Å². The van der Waals surface area contributed by atoms with Crippen LogP contribution in [0.1, 0.15) is 17.5 Å². The molecule has 0 fully saturated rings. The fraction of sp³-hybridized carbons (Fsp3) is 0.600. The van der Waals surface area contributed by atoms with E-state index in [1.807, 2.05) is 0 Å². The van der Waals surface area contributed by atoms with Gasteiger partial charge < -0.3 is 9.47 Å².